The van der Waals surface area contributed by atoms with Crippen LogP contribution in [0.25, 0.3) is 0 Å². The van der Waals surface area contributed by atoms with Gasteiger partial charge in [-0.25, -0.2) is 4.39 Å². The van der Waals surface area contributed by atoms with E-state index in [2.05, 4.69) is 16.2 Å². The lowest BCUT2D eigenvalue weighted by molar-refractivity contribution is -0.133. The van der Waals surface area contributed by atoms with Crippen molar-refractivity contribution in [1.29, 1.82) is 0 Å². The highest BCUT2D eigenvalue weighted by Gasteiger charge is 2.27. The lowest BCUT2D eigenvalue weighted by Crippen LogP contribution is -2.56. The summed E-state index contributed by atoms with van der Waals surface area (Å²) in [5.74, 6) is -1.92. The number of halogens is 2. The second-order valence-corrected chi connectivity index (χ2v) is 7.47. The third-order valence-electron chi connectivity index (χ3n) is 4.69. The van der Waals surface area contributed by atoms with Crippen molar-refractivity contribution in [3.8, 4) is 5.75 Å². The molecule has 0 bridgehead atoms. The summed E-state index contributed by atoms with van der Waals surface area (Å²) in [5, 5.41) is 3.18. The Labute approximate surface area is 185 Å². The van der Waals surface area contributed by atoms with Crippen LogP contribution in [0.3, 0.4) is 0 Å². The summed E-state index contributed by atoms with van der Waals surface area (Å²) in [6.45, 7) is 5.18. The Morgan fingerprint density at radius 3 is 2.13 bits per heavy atom. The van der Waals surface area contributed by atoms with Crippen LogP contribution >= 0.6 is 11.6 Å². The van der Waals surface area contributed by atoms with E-state index in [9.17, 15) is 18.8 Å². The van der Waals surface area contributed by atoms with E-state index in [4.69, 9.17) is 16.3 Å². The maximum atomic E-state index is 13.0. The number of carbonyl (C=O) groups excluding carboxylic acids is 3. The molecule has 31 heavy (non-hydrogen) atoms. The Balaban J connectivity index is 1.94. The van der Waals surface area contributed by atoms with Gasteiger partial charge in [-0.3, -0.25) is 25.2 Å². The van der Waals surface area contributed by atoms with Gasteiger partial charge < -0.3 is 10.1 Å². The molecular weight excluding hydrogens is 425 g/mol. The maximum absolute atomic E-state index is 13.0. The molecule has 2 aromatic carbocycles. The van der Waals surface area contributed by atoms with Gasteiger partial charge in [0.15, 0.2) is 6.10 Å². The smallest absolute Gasteiger partial charge is 0.279 e. The van der Waals surface area contributed by atoms with E-state index < -0.39 is 35.7 Å². The number of rotatable bonds is 8. The number of hydrogen-bond donors (Lipinski definition) is 3. The third kappa shape index (κ3) is 7.25. The topological polar surface area (TPSA) is 96.5 Å². The molecule has 3 unspecified atom stereocenters. The minimum absolute atomic E-state index is 0.193. The van der Waals surface area contributed by atoms with Crippen molar-refractivity contribution in [2.24, 2.45) is 5.92 Å². The normalized spacial score (nSPS) is 13.5. The highest BCUT2D eigenvalue weighted by molar-refractivity contribution is 6.30. The Hall–Kier alpha value is -3.13. The summed E-state index contributed by atoms with van der Waals surface area (Å²) < 4.78 is 18.4. The molecule has 0 aromatic heterocycles. The van der Waals surface area contributed by atoms with Crippen LogP contribution in [-0.4, -0.2) is 29.9 Å². The Morgan fingerprint density at radius 1 is 0.968 bits per heavy atom. The second-order valence-electron chi connectivity index (χ2n) is 7.04. The molecule has 0 radical (unpaired) electrons. The first-order chi connectivity index (χ1) is 14.7. The van der Waals surface area contributed by atoms with E-state index in [1.54, 1.807) is 24.3 Å². The lowest BCUT2D eigenvalue weighted by atomic mass is 9.98. The molecule has 0 aliphatic rings. The van der Waals surface area contributed by atoms with E-state index in [1.165, 1.54) is 31.2 Å². The van der Waals surface area contributed by atoms with Crippen molar-refractivity contribution >= 4 is 29.3 Å². The van der Waals surface area contributed by atoms with E-state index in [0.29, 0.717) is 22.8 Å². The van der Waals surface area contributed by atoms with Crippen molar-refractivity contribution < 1.29 is 23.5 Å². The van der Waals surface area contributed by atoms with Crippen molar-refractivity contribution in [2.75, 3.05) is 0 Å². The summed E-state index contributed by atoms with van der Waals surface area (Å²) in [6.07, 6.45) is -0.326. The Morgan fingerprint density at radius 2 is 1.55 bits per heavy atom. The molecule has 9 heteroatoms. The maximum Gasteiger partial charge on any atom is 0.279 e. The number of carbonyl (C=O) groups is 3. The Kier molecular flexibility index (Phi) is 8.81. The van der Waals surface area contributed by atoms with Gasteiger partial charge >= 0.3 is 0 Å². The number of hydrazine groups is 1. The minimum atomic E-state index is -0.948. The van der Waals surface area contributed by atoms with Crippen LogP contribution in [0, 0.1) is 11.7 Å². The highest BCUT2D eigenvalue weighted by Crippen LogP contribution is 2.14. The fourth-order valence-electron chi connectivity index (χ4n) is 2.60. The van der Waals surface area contributed by atoms with Gasteiger partial charge in [-0.2, -0.15) is 0 Å². The number of amides is 3. The summed E-state index contributed by atoms with van der Waals surface area (Å²) in [6, 6.07) is 10.6. The van der Waals surface area contributed by atoms with Gasteiger partial charge in [-0.05, 0) is 61.4 Å². The molecule has 2 rings (SSSR count). The number of benzene rings is 2. The predicted molar refractivity (Wildman–Crippen MR) is 115 cm³/mol. The van der Waals surface area contributed by atoms with Crippen LogP contribution in [0.2, 0.25) is 5.02 Å². The monoisotopic (exact) mass is 449 g/mol. The molecule has 0 heterocycles. The van der Waals surface area contributed by atoms with Gasteiger partial charge in [0.2, 0.25) is 0 Å². The molecule has 2 aromatic rings. The van der Waals surface area contributed by atoms with E-state index in [1.807, 2.05) is 13.8 Å². The lowest BCUT2D eigenvalue weighted by Gasteiger charge is -2.24. The van der Waals surface area contributed by atoms with E-state index in [-0.39, 0.29) is 5.92 Å². The van der Waals surface area contributed by atoms with Crippen LogP contribution in [0.15, 0.2) is 48.5 Å². The molecule has 0 aliphatic heterocycles. The zero-order valence-electron chi connectivity index (χ0n) is 17.4. The average molecular weight is 450 g/mol. The first-order valence-electron chi connectivity index (χ1n) is 9.79. The second kappa shape index (κ2) is 11.3. The molecule has 3 amide bonds. The van der Waals surface area contributed by atoms with Crippen molar-refractivity contribution in [2.45, 2.75) is 39.3 Å². The van der Waals surface area contributed by atoms with Crippen molar-refractivity contribution in [3.63, 3.8) is 0 Å². The summed E-state index contributed by atoms with van der Waals surface area (Å²) in [7, 11) is 0. The molecule has 0 fully saturated rings. The fourth-order valence-corrected chi connectivity index (χ4v) is 2.73. The molecule has 0 saturated heterocycles. The van der Waals surface area contributed by atoms with Gasteiger partial charge in [0, 0.05) is 10.6 Å². The van der Waals surface area contributed by atoms with Gasteiger partial charge in [0.25, 0.3) is 17.7 Å². The summed E-state index contributed by atoms with van der Waals surface area (Å²) in [4.78, 5) is 37.4. The molecule has 3 atom stereocenters. The zero-order valence-corrected chi connectivity index (χ0v) is 18.2. The molecule has 0 aliphatic carbocycles. The van der Waals surface area contributed by atoms with Gasteiger partial charge in [-0.15, -0.1) is 0 Å². The molecule has 7 nitrogen and oxygen atoms in total. The minimum Gasteiger partial charge on any atom is -0.481 e. The largest absolute Gasteiger partial charge is 0.481 e. The molecule has 0 spiro atoms. The van der Waals surface area contributed by atoms with Crippen LogP contribution in [0.5, 0.6) is 5.75 Å². The van der Waals surface area contributed by atoms with E-state index in [0.717, 1.165) is 0 Å². The van der Waals surface area contributed by atoms with Crippen LogP contribution in [0.4, 0.5) is 4.39 Å². The SMILES string of the molecule is CCC(C)C(NC(=O)c1ccc(Cl)cc1)C(=O)NNC(=O)C(C)Oc1ccc(F)cc1. The van der Waals surface area contributed by atoms with Gasteiger partial charge in [-0.1, -0.05) is 31.9 Å². The third-order valence-corrected chi connectivity index (χ3v) is 4.95. The van der Waals surface area contributed by atoms with Gasteiger partial charge in [0.05, 0.1) is 0 Å². The number of hydrogen-bond acceptors (Lipinski definition) is 4. The zero-order chi connectivity index (χ0) is 23.0. The van der Waals surface area contributed by atoms with Crippen LogP contribution < -0.4 is 20.9 Å². The van der Waals surface area contributed by atoms with Crippen molar-refractivity contribution in [3.05, 3.63) is 64.9 Å². The van der Waals surface area contributed by atoms with Gasteiger partial charge in [0.1, 0.15) is 17.6 Å². The summed E-state index contributed by atoms with van der Waals surface area (Å²) in [5.41, 5.74) is 4.97. The standard InChI is InChI=1S/C22H25ClFN3O4/c1-4-13(2)19(25-21(29)15-5-7-16(23)8-6-15)22(30)27-26-20(28)14(3)31-18-11-9-17(24)10-12-18/h5-14,19H,4H2,1-3H3,(H,25,29)(H,26,28)(H,27,30). The highest BCUT2D eigenvalue weighted by atomic mass is 35.5. The fraction of sp³-hybridized carbons (Fsp3) is 0.318. The first-order valence-corrected chi connectivity index (χ1v) is 10.2. The number of nitrogens with one attached hydrogen (secondary N) is 3. The first kappa shape index (κ1) is 24.1. The van der Waals surface area contributed by atoms with Crippen LogP contribution in [-0.2, 0) is 9.59 Å². The molecule has 166 valence electrons. The van der Waals surface area contributed by atoms with E-state index >= 15 is 0 Å². The van der Waals surface area contributed by atoms with Crippen LogP contribution in [0.1, 0.15) is 37.6 Å². The predicted octanol–water partition coefficient (Wildman–Crippen LogP) is 3.24. The molecular formula is C22H25ClFN3O4. The molecule has 3 N–H and O–H groups in total. The number of ether oxygens (including phenoxy) is 1. The molecule has 0 saturated carbocycles. The summed E-state index contributed by atoms with van der Waals surface area (Å²) >= 11 is 5.84. The average Bonchev–Trinajstić information content (AvgIpc) is 2.76. The van der Waals surface area contributed by atoms with Crippen molar-refractivity contribution in [1.82, 2.24) is 16.2 Å². The Bertz CT molecular complexity index is 906. The quantitative estimate of drug-likeness (QED) is 0.539.